The summed E-state index contributed by atoms with van der Waals surface area (Å²) in [5.41, 5.74) is 0.725. The third-order valence-electron chi connectivity index (χ3n) is 4.84. The molecular formula is C20H20N2O5. The average Bonchev–Trinajstić information content (AvgIpc) is 2.85. The molecule has 3 rings (SSSR count). The van der Waals surface area contributed by atoms with Crippen molar-refractivity contribution < 1.29 is 24.6 Å². The van der Waals surface area contributed by atoms with E-state index in [-0.39, 0.29) is 13.2 Å². The normalized spacial score (nSPS) is 19.6. The second-order valence-corrected chi connectivity index (χ2v) is 6.57. The molecule has 0 spiro atoms. The number of nitrogens with zero attached hydrogens (tertiary/aromatic N) is 2. The molecular weight excluding hydrogens is 348 g/mol. The molecule has 0 saturated carbocycles. The first-order valence-electron chi connectivity index (χ1n) is 8.47. The molecule has 1 aliphatic heterocycles. The highest BCUT2D eigenvalue weighted by molar-refractivity contribution is 6.08. The Bertz CT molecular complexity index is 866. The molecule has 0 radical (unpaired) electrons. The number of carboxylic acid groups (broad SMARTS) is 1. The van der Waals surface area contributed by atoms with Gasteiger partial charge in [-0.1, -0.05) is 54.6 Å². The number of benzene rings is 2. The smallest absolute Gasteiger partial charge is 0.328 e. The Hall–Kier alpha value is -3.19. The number of carboxylic acids is 1. The molecule has 2 aromatic rings. The number of hydrogen-bond donors (Lipinski definition) is 2. The zero-order valence-corrected chi connectivity index (χ0v) is 14.8. The molecule has 1 atom stereocenters. The van der Waals surface area contributed by atoms with Gasteiger partial charge in [-0.2, -0.15) is 0 Å². The molecule has 0 aliphatic carbocycles. The monoisotopic (exact) mass is 368 g/mol. The van der Waals surface area contributed by atoms with Crippen LogP contribution in [0.4, 0.5) is 4.79 Å². The Balaban J connectivity index is 2.05. The summed E-state index contributed by atoms with van der Waals surface area (Å²) < 4.78 is 0. The standard InChI is InChI=1S/C20H20N2O5/c1-20(16-9-7-15(13-23)8-10-16)18(26)21(12-17(24)25)19(27)22(20)11-14-5-3-2-4-6-14/h2-10,23H,11-13H2,1H3,(H,24,25)/t20-/m0/s1. The lowest BCUT2D eigenvalue weighted by Crippen LogP contribution is -2.44. The number of urea groups is 1. The Labute approximate surface area is 156 Å². The minimum Gasteiger partial charge on any atom is -0.480 e. The van der Waals surface area contributed by atoms with Crippen molar-refractivity contribution in [2.45, 2.75) is 25.6 Å². The van der Waals surface area contributed by atoms with Gasteiger partial charge < -0.3 is 15.1 Å². The Morgan fingerprint density at radius 1 is 1.00 bits per heavy atom. The van der Waals surface area contributed by atoms with Gasteiger partial charge in [0.1, 0.15) is 12.1 Å². The maximum atomic E-state index is 13.1. The van der Waals surface area contributed by atoms with Crippen LogP contribution in [0.5, 0.6) is 0 Å². The van der Waals surface area contributed by atoms with Gasteiger partial charge in [0.05, 0.1) is 6.61 Å². The van der Waals surface area contributed by atoms with Crippen LogP contribution in [-0.4, -0.2) is 44.5 Å². The van der Waals surface area contributed by atoms with Crippen LogP contribution in [-0.2, 0) is 28.3 Å². The third kappa shape index (κ3) is 3.29. The average molecular weight is 368 g/mol. The first-order chi connectivity index (χ1) is 12.9. The van der Waals surface area contributed by atoms with Gasteiger partial charge >= 0.3 is 12.0 Å². The Kier molecular flexibility index (Phi) is 4.96. The van der Waals surface area contributed by atoms with Crippen LogP contribution in [0.3, 0.4) is 0 Å². The van der Waals surface area contributed by atoms with Gasteiger partial charge in [0.2, 0.25) is 0 Å². The van der Waals surface area contributed by atoms with E-state index in [2.05, 4.69) is 0 Å². The van der Waals surface area contributed by atoms with Crippen molar-refractivity contribution in [3.63, 3.8) is 0 Å². The lowest BCUT2D eigenvalue weighted by atomic mass is 9.89. The van der Waals surface area contributed by atoms with Crippen molar-refractivity contribution in [3.05, 3.63) is 71.3 Å². The van der Waals surface area contributed by atoms with Crippen molar-refractivity contribution in [2.24, 2.45) is 0 Å². The second kappa shape index (κ2) is 7.20. The maximum absolute atomic E-state index is 13.1. The Morgan fingerprint density at radius 3 is 2.19 bits per heavy atom. The van der Waals surface area contributed by atoms with Gasteiger partial charge in [0.15, 0.2) is 0 Å². The zero-order chi connectivity index (χ0) is 19.6. The molecule has 1 fully saturated rings. The van der Waals surface area contributed by atoms with Gasteiger partial charge in [-0.3, -0.25) is 14.5 Å². The molecule has 0 unspecified atom stereocenters. The van der Waals surface area contributed by atoms with Crippen molar-refractivity contribution in [1.29, 1.82) is 0 Å². The van der Waals surface area contributed by atoms with Crippen molar-refractivity contribution in [3.8, 4) is 0 Å². The SMILES string of the molecule is C[C@]1(c2ccc(CO)cc2)C(=O)N(CC(=O)O)C(=O)N1Cc1ccccc1. The van der Waals surface area contributed by atoms with E-state index >= 15 is 0 Å². The number of imide groups is 1. The van der Waals surface area contributed by atoms with Crippen molar-refractivity contribution in [1.82, 2.24) is 9.80 Å². The molecule has 2 N–H and O–H groups in total. The van der Waals surface area contributed by atoms with Crippen LogP contribution in [0.1, 0.15) is 23.6 Å². The molecule has 0 bridgehead atoms. The largest absolute Gasteiger partial charge is 0.480 e. The van der Waals surface area contributed by atoms with E-state index in [0.717, 1.165) is 10.5 Å². The molecule has 1 saturated heterocycles. The van der Waals surface area contributed by atoms with Gasteiger partial charge in [0, 0.05) is 6.54 Å². The number of aliphatic hydroxyl groups excluding tert-OH is 1. The van der Waals surface area contributed by atoms with E-state index in [1.54, 1.807) is 31.2 Å². The number of aliphatic hydroxyl groups is 1. The highest BCUT2D eigenvalue weighted by Gasteiger charge is 2.55. The van der Waals surface area contributed by atoms with Crippen LogP contribution in [0, 0.1) is 0 Å². The molecule has 27 heavy (non-hydrogen) atoms. The summed E-state index contributed by atoms with van der Waals surface area (Å²) in [7, 11) is 0. The van der Waals surface area contributed by atoms with E-state index < -0.39 is 30.0 Å². The minimum atomic E-state index is -1.34. The molecule has 7 heteroatoms. The minimum absolute atomic E-state index is 0.136. The van der Waals surface area contributed by atoms with Crippen LogP contribution in [0.15, 0.2) is 54.6 Å². The Morgan fingerprint density at radius 2 is 1.63 bits per heavy atom. The van der Waals surface area contributed by atoms with E-state index in [4.69, 9.17) is 5.11 Å². The summed E-state index contributed by atoms with van der Waals surface area (Å²) in [4.78, 5) is 39.3. The first-order valence-corrected chi connectivity index (χ1v) is 8.47. The zero-order valence-electron chi connectivity index (χ0n) is 14.8. The second-order valence-electron chi connectivity index (χ2n) is 6.57. The van der Waals surface area contributed by atoms with E-state index in [9.17, 15) is 19.5 Å². The summed E-state index contributed by atoms with van der Waals surface area (Å²) in [6.07, 6.45) is 0. The molecule has 3 amide bonds. The maximum Gasteiger partial charge on any atom is 0.328 e. The lowest BCUT2D eigenvalue weighted by Gasteiger charge is -2.32. The summed E-state index contributed by atoms with van der Waals surface area (Å²) in [5, 5.41) is 18.3. The molecule has 140 valence electrons. The fraction of sp³-hybridized carbons (Fsp3) is 0.250. The predicted octanol–water partition coefficient (Wildman–Crippen LogP) is 1.94. The van der Waals surface area contributed by atoms with Crippen LogP contribution in [0.2, 0.25) is 0 Å². The van der Waals surface area contributed by atoms with E-state index in [1.807, 2.05) is 30.3 Å². The van der Waals surface area contributed by atoms with Crippen molar-refractivity contribution >= 4 is 17.9 Å². The van der Waals surface area contributed by atoms with E-state index in [0.29, 0.717) is 11.1 Å². The number of carbonyl (C=O) groups excluding carboxylic acids is 2. The summed E-state index contributed by atoms with van der Waals surface area (Å²) in [6, 6.07) is 15.3. The fourth-order valence-electron chi connectivity index (χ4n) is 3.28. The molecule has 2 aromatic carbocycles. The third-order valence-corrected chi connectivity index (χ3v) is 4.84. The quantitative estimate of drug-likeness (QED) is 0.760. The van der Waals surface area contributed by atoms with E-state index in [1.165, 1.54) is 4.90 Å². The summed E-state index contributed by atoms with van der Waals surface area (Å²) >= 11 is 0. The lowest BCUT2D eigenvalue weighted by molar-refractivity contribution is -0.143. The number of rotatable bonds is 6. The fourth-order valence-corrected chi connectivity index (χ4v) is 3.28. The molecule has 1 heterocycles. The summed E-state index contributed by atoms with van der Waals surface area (Å²) in [5.74, 6) is -1.83. The van der Waals surface area contributed by atoms with Gasteiger partial charge in [-0.05, 0) is 23.6 Å². The van der Waals surface area contributed by atoms with Crippen LogP contribution >= 0.6 is 0 Å². The van der Waals surface area contributed by atoms with Crippen molar-refractivity contribution in [2.75, 3.05) is 6.54 Å². The van der Waals surface area contributed by atoms with Gasteiger partial charge in [-0.15, -0.1) is 0 Å². The molecule has 1 aliphatic rings. The number of carbonyl (C=O) groups is 3. The number of amides is 3. The molecule has 7 nitrogen and oxygen atoms in total. The molecule has 0 aromatic heterocycles. The van der Waals surface area contributed by atoms with Gasteiger partial charge in [0.25, 0.3) is 5.91 Å². The van der Waals surface area contributed by atoms with Crippen LogP contribution in [0.25, 0.3) is 0 Å². The number of hydrogen-bond acceptors (Lipinski definition) is 4. The number of aliphatic carboxylic acids is 1. The van der Waals surface area contributed by atoms with Gasteiger partial charge in [-0.25, -0.2) is 4.79 Å². The first kappa shape index (κ1) is 18.6. The highest BCUT2D eigenvalue weighted by Crippen LogP contribution is 2.38. The predicted molar refractivity (Wildman–Crippen MR) is 96.4 cm³/mol. The topological polar surface area (TPSA) is 98.1 Å². The van der Waals surface area contributed by atoms with Crippen LogP contribution < -0.4 is 0 Å². The summed E-state index contributed by atoms with van der Waals surface area (Å²) in [6.45, 7) is 0.960. The highest BCUT2D eigenvalue weighted by atomic mass is 16.4.